The quantitative estimate of drug-likeness (QED) is 0.850. The lowest BCUT2D eigenvalue weighted by atomic mass is 9.88. The third-order valence-corrected chi connectivity index (χ3v) is 4.00. The van der Waals surface area contributed by atoms with Gasteiger partial charge in [0.15, 0.2) is 5.79 Å². The summed E-state index contributed by atoms with van der Waals surface area (Å²) in [6.07, 6.45) is 1.17. The Labute approximate surface area is 109 Å². The van der Waals surface area contributed by atoms with Crippen LogP contribution < -0.4 is 0 Å². The molecule has 2 fully saturated rings. The van der Waals surface area contributed by atoms with Gasteiger partial charge in [0.2, 0.25) is 0 Å². The zero-order valence-electron chi connectivity index (χ0n) is 10.2. The SMILES string of the molecule is O=C1CC2CCC(O)(c3ccc(F)cc3F)OC2C1. The Morgan fingerprint density at radius 3 is 2.84 bits per heavy atom. The molecule has 19 heavy (non-hydrogen) atoms. The first-order chi connectivity index (χ1) is 8.98. The van der Waals surface area contributed by atoms with Gasteiger partial charge in [0, 0.05) is 30.9 Å². The first-order valence-corrected chi connectivity index (χ1v) is 6.35. The Hall–Kier alpha value is -1.33. The standard InChI is InChI=1S/C14H14F2O3/c15-9-1-2-11(12(16)6-9)14(18)4-3-8-5-10(17)7-13(8)19-14/h1-2,6,8,13,18H,3-5,7H2. The molecule has 1 aromatic rings. The summed E-state index contributed by atoms with van der Waals surface area (Å²) in [6.45, 7) is 0. The summed E-state index contributed by atoms with van der Waals surface area (Å²) >= 11 is 0. The van der Waals surface area contributed by atoms with Crippen molar-refractivity contribution in [2.45, 2.75) is 37.6 Å². The Balaban J connectivity index is 1.89. The van der Waals surface area contributed by atoms with E-state index in [-0.39, 0.29) is 36.2 Å². The van der Waals surface area contributed by atoms with Crippen molar-refractivity contribution in [3.05, 3.63) is 35.4 Å². The second kappa shape index (κ2) is 4.35. The van der Waals surface area contributed by atoms with Gasteiger partial charge in [0.1, 0.15) is 17.4 Å². The minimum Gasteiger partial charge on any atom is -0.362 e. The molecule has 3 rings (SSSR count). The molecule has 0 bridgehead atoms. The predicted molar refractivity (Wildman–Crippen MR) is 62.1 cm³/mol. The lowest BCUT2D eigenvalue weighted by Crippen LogP contribution is -2.41. The van der Waals surface area contributed by atoms with E-state index >= 15 is 0 Å². The number of rotatable bonds is 1. The highest BCUT2D eigenvalue weighted by Crippen LogP contribution is 2.44. The van der Waals surface area contributed by atoms with Crippen molar-refractivity contribution in [1.29, 1.82) is 0 Å². The number of benzene rings is 1. The number of hydrogen-bond acceptors (Lipinski definition) is 3. The van der Waals surface area contributed by atoms with Gasteiger partial charge >= 0.3 is 0 Å². The molecule has 0 radical (unpaired) electrons. The van der Waals surface area contributed by atoms with Crippen molar-refractivity contribution < 1.29 is 23.4 Å². The van der Waals surface area contributed by atoms with Crippen molar-refractivity contribution in [3.8, 4) is 0 Å². The van der Waals surface area contributed by atoms with Crippen molar-refractivity contribution in [3.63, 3.8) is 0 Å². The molecule has 0 spiro atoms. The van der Waals surface area contributed by atoms with E-state index in [1.807, 2.05) is 0 Å². The van der Waals surface area contributed by atoms with Crippen LogP contribution in [0.15, 0.2) is 18.2 Å². The summed E-state index contributed by atoms with van der Waals surface area (Å²) in [5.41, 5.74) is -0.0632. The van der Waals surface area contributed by atoms with Crippen LogP contribution in [-0.2, 0) is 15.3 Å². The number of aliphatic hydroxyl groups is 1. The molecular formula is C14H14F2O3. The molecule has 5 heteroatoms. The van der Waals surface area contributed by atoms with Gasteiger partial charge in [-0.15, -0.1) is 0 Å². The second-order valence-corrected chi connectivity index (χ2v) is 5.31. The summed E-state index contributed by atoms with van der Waals surface area (Å²) in [5.74, 6) is -3.07. The molecule has 1 saturated carbocycles. The fraction of sp³-hybridized carbons (Fsp3) is 0.500. The van der Waals surface area contributed by atoms with E-state index in [4.69, 9.17) is 4.74 Å². The third-order valence-electron chi connectivity index (χ3n) is 4.00. The number of halogens is 2. The molecule has 1 aliphatic carbocycles. The van der Waals surface area contributed by atoms with Crippen LogP contribution in [0.25, 0.3) is 0 Å². The van der Waals surface area contributed by atoms with Gasteiger partial charge in [-0.2, -0.15) is 0 Å². The molecule has 102 valence electrons. The first-order valence-electron chi connectivity index (χ1n) is 6.35. The molecule has 0 amide bonds. The lowest BCUT2D eigenvalue weighted by Gasteiger charge is -2.39. The second-order valence-electron chi connectivity index (χ2n) is 5.31. The minimum atomic E-state index is -1.76. The van der Waals surface area contributed by atoms with Crippen LogP contribution in [0.4, 0.5) is 8.78 Å². The van der Waals surface area contributed by atoms with Gasteiger partial charge in [0.25, 0.3) is 0 Å². The normalized spacial score (nSPS) is 34.4. The Kier molecular flexibility index (Phi) is 2.91. The molecule has 3 unspecified atom stereocenters. The van der Waals surface area contributed by atoms with Crippen molar-refractivity contribution in [1.82, 2.24) is 0 Å². The van der Waals surface area contributed by atoms with E-state index < -0.39 is 17.4 Å². The van der Waals surface area contributed by atoms with Crippen LogP contribution in [0, 0.1) is 17.6 Å². The molecule has 0 aromatic heterocycles. The average molecular weight is 268 g/mol. The zero-order chi connectivity index (χ0) is 13.6. The number of carbonyl (C=O) groups excluding carboxylic acids is 1. The zero-order valence-corrected chi connectivity index (χ0v) is 10.2. The van der Waals surface area contributed by atoms with Crippen LogP contribution in [0.2, 0.25) is 0 Å². The smallest absolute Gasteiger partial charge is 0.195 e. The van der Waals surface area contributed by atoms with Crippen LogP contribution in [0.1, 0.15) is 31.2 Å². The van der Waals surface area contributed by atoms with E-state index in [9.17, 15) is 18.7 Å². The first kappa shape index (κ1) is 12.7. The molecule has 2 aliphatic rings. The highest BCUT2D eigenvalue weighted by molar-refractivity contribution is 5.81. The third kappa shape index (κ3) is 2.17. The molecular weight excluding hydrogens is 254 g/mol. The molecule has 1 aliphatic heterocycles. The number of Topliss-reactive ketones (excluding diaryl/α,β-unsaturated/α-hetero) is 1. The van der Waals surface area contributed by atoms with Gasteiger partial charge in [-0.1, -0.05) is 0 Å². The van der Waals surface area contributed by atoms with Crippen LogP contribution in [0.3, 0.4) is 0 Å². The topological polar surface area (TPSA) is 46.5 Å². The monoisotopic (exact) mass is 268 g/mol. The number of fused-ring (bicyclic) bond motifs is 1. The number of hydrogen-bond donors (Lipinski definition) is 1. The lowest BCUT2D eigenvalue weighted by molar-refractivity contribution is -0.272. The molecule has 1 heterocycles. The summed E-state index contributed by atoms with van der Waals surface area (Å²) < 4.78 is 32.2. The van der Waals surface area contributed by atoms with Crippen LogP contribution in [0.5, 0.6) is 0 Å². The Bertz CT molecular complexity index is 531. The van der Waals surface area contributed by atoms with E-state index in [1.165, 1.54) is 6.07 Å². The van der Waals surface area contributed by atoms with Crippen molar-refractivity contribution in [2.75, 3.05) is 0 Å². The molecule has 3 atom stereocenters. The van der Waals surface area contributed by atoms with Crippen LogP contribution in [-0.4, -0.2) is 17.0 Å². The minimum absolute atomic E-state index is 0.0632. The van der Waals surface area contributed by atoms with E-state index in [2.05, 4.69) is 0 Å². The fourth-order valence-electron chi connectivity index (χ4n) is 3.02. The molecule has 1 N–H and O–H groups in total. The van der Waals surface area contributed by atoms with Crippen LogP contribution >= 0.6 is 0 Å². The predicted octanol–water partition coefficient (Wildman–Crippen LogP) is 2.27. The van der Waals surface area contributed by atoms with Gasteiger partial charge in [-0.3, -0.25) is 4.79 Å². The summed E-state index contributed by atoms with van der Waals surface area (Å²) in [5, 5.41) is 10.5. The Morgan fingerprint density at radius 2 is 2.11 bits per heavy atom. The molecule has 1 aromatic carbocycles. The fourth-order valence-corrected chi connectivity index (χ4v) is 3.02. The van der Waals surface area contributed by atoms with E-state index in [0.717, 1.165) is 12.1 Å². The maximum atomic E-state index is 13.8. The summed E-state index contributed by atoms with van der Waals surface area (Å²) in [4.78, 5) is 11.4. The number of ether oxygens (including phenoxy) is 1. The van der Waals surface area contributed by atoms with Gasteiger partial charge in [-0.05, 0) is 24.5 Å². The number of carbonyl (C=O) groups is 1. The largest absolute Gasteiger partial charge is 0.362 e. The van der Waals surface area contributed by atoms with Crippen molar-refractivity contribution in [2.24, 2.45) is 5.92 Å². The Morgan fingerprint density at radius 1 is 1.32 bits per heavy atom. The summed E-state index contributed by atoms with van der Waals surface area (Å²) in [6, 6.07) is 3.01. The van der Waals surface area contributed by atoms with Gasteiger partial charge in [-0.25, -0.2) is 8.78 Å². The number of ketones is 1. The summed E-state index contributed by atoms with van der Waals surface area (Å²) in [7, 11) is 0. The highest BCUT2D eigenvalue weighted by atomic mass is 19.1. The molecule has 1 saturated heterocycles. The van der Waals surface area contributed by atoms with E-state index in [0.29, 0.717) is 12.8 Å². The highest BCUT2D eigenvalue weighted by Gasteiger charge is 2.46. The molecule has 3 nitrogen and oxygen atoms in total. The average Bonchev–Trinajstić information content (AvgIpc) is 2.67. The van der Waals surface area contributed by atoms with E-state index in [1.54, 1.807) is 0 Å². The maximum absolute atomic E-state index is 13.8. The van der Waals surface area contributed by atoms with Crippen molar-refractivity contribution >= 4 is 5.78 Å². The van der Waals surface area contributed by atoms with Gasteiger partial charge in [0.05, 0.1) is 6.10 Å². The van der Waals surface area contributed by atoms with Gasteiger partial charge < -0.3 is 9.84 Å². The maximum Gasteiger partial charge on any atom is 0.195 e.